The van der Waals surface area contributed by atoms with Crippen LogP contribution in [0.2, 0.25) is 5.02 Å². The molecule has 0 radical (unpaired) electrons. The summed E-state index contributed by atoms with van der Waals surface area (Å²) in [5.41, 5.74) is 0. The highest BCUT2D eigenvalue weighted by Crippen LogP contribution is 2.40. The van der Waals surface area contributed by atoms with E-state index in [9.17, 15) is 0 Å². The van der Waals surface area contributed by atoms with E-state index in [-0.39, 0.29) is 0 Å². The summed E-state index contributed by atoms with van der Waals surface area (Å²) in [5.74, 6) is 1.18. The fourth-order valence-electron chi connectivity index (χ4n) is 0.924. The summed E-state index contributed by atoms with van der Waals surface area (Å²) in [6.07, 6.45) is 0. The van der Waals surface area contributed by atoms with E-state index in [1.807, 2.05) is 0 Å². The molecule has 0 amide bonds. The molecule has 0 fully saturated rings. The zero-order valence-electron chi connectivity index (χ0n) is 7.14. The predicted octanol–water partition coefficient (Wildman–Crippen LogP) is 2.89. The monoisotopic (exact) mass is 222 g/mol. The van der Waals surface area contributed by atoms with Gasteiger partial charge in [-0.25, -0.2) is 0 Å². The van der Waals surface area contributed by atoms with Crippen molar-refractivity contribution in [3.63, 3.8) is 0 Å². The van der Waals surface area contributed by atoms with E-state index in [0.29, 0.717) is 22.3 Å². The summed E-state index contributed by atoms with van der Waals surface area (Å²) in [4.78, 5) is 0. The normalized spacial score (nSPS) is 9.54. The molecule has 0 aliphatic heterocycles. The zero-order chi connectivity index (χ0) is 9.84. The Bertz CT molecular complexity index is 276. The van der Waals surface area contributed by atoms with Crippen LogP contribution in [0, 0.1) is 0 Å². The van der Waals surface area contributed by atoms with Crippen LogP contribution in [-0.2, 0) is 0 Å². The van der Waals surface area contributed by atoms with Gasteiger partial charge < -0.3 is 13.8 Å². The SMILES string of the molecule is COc1cc(Cl)cc(OC)c1OCl. The third-order valence-corrected chi connectivity index (χ3v) is 1.88. The summed E-state index contributed by atoms with van der Waals surface area (Å²) in [6.45, 7) is 0. The molecule has 1 rings (SSSR count). The van der Waals surface area contributed by atoms with Gasteiger partial charge in [0.25, 0.3) is 0 Å². The van der Waals surface area contributed by atoms with E-state index < -0.39 is 0 Å². The highest BCUT2D eigenvalue weighted by atomic mass is 35.5. The molecule has 1 aromatic rings. The molecule has 0 unspecified atom stereocenters. The average molecular weight is 223 g/mol. The van der Waals surface area contributed by atoms with Gasteiger partial charge in [0.15, 0.2) is 11.5 Å². The molecular formula is C8H8Cl2O3. The summed E-state index contributed by atoms with van der Waals surface area (Å²) in [5, 5.41) is 0.492. The van der Waals surface area contributed by atoms with Gasteiger partial charge in [-0.05, 0) is 0 Å². The van der Waals surface area contributed by atoms with Crippen molar-refractivity contribution in [3.05, 3.63) is 17.2 Å². The van der Waals surface area contributed by atoms with Gasteiger partial charge in [-0.1, -0.05) is 11.6 Å². The second kappa shape index (κ2) is 4.44. The molecule has 1 aromatic carbocycles. The first-order valence-corrected chi connectivity index (χ1v) is 4.11. The van der Waals surface area contributed by atoms with Crippen LogP contribution in [0.3, 0.4) is 0 Å². The van der Waals surface area contributed by atoms with E-state index >= 15 is 0 Å². The van der Waals surface area contributed by atoms with Gasteiger partial charge in [0.1, 0.15) is 11.9 Å². The molecule has 5 heteroatoms. The van der Waals surface area contributed by atoms with Crippen molar-refractivity contribution in [2.24, 2.45) is 0 Å². The van der Waals surface area contributed by atoms with Gasteiger partial charge in [0.05, 0.1) is 14.2 Å². The molecule has 0 aromatic heterocycles. The number of methoxy groups -OCH3 is 2. The summed E-state index contributed by atoms with van der Waals surface area (Å²) < 4.78 is 14.5. The smallest absolute Gasteiger partial charge is 0.229 e. The first-order chi connectivity index (χ1) is 6.22. The van der Waals surface area contributed by atoms with Crippen LogP contribution >= 0.6 is 23.5 Å². The van der Waals surface area contributed by atoms with Crippen molar-refractivity contribution in [1.29, 1.82) is 0 Å². The van der Waals surface area contributed by atoms with Gasteiger partial charge >= 0.3 is 0 Å². The lowest BCUT2D eigenvalue weighted by molar-refractivity contribution is 0.367. The lowest BCUT2D eigenvalue weighted by atomic mass is 10.3. The largest absolute Gasteiger partial charge is 0.493 e. The topological polar surface area (TPSA) is 27.7 Å². The van der Waals surface area contributed by atoms with Crippen molar-refractivity contribution in [3.8, 4) is 17.2 Å². The highest BCUT2D eigenvalue weighted by Gasteiger charge is 2.13. The Labute approximate surface area is 86.3 Å². The molecular weight excluding hydrogens is 215 g/mol. The molecule has 0 aliphatic carbocycles. The number of halogens is 2. The van der Waals surface area contributed by atoms with E-state index in [0.717, 1.165) is 0 Å². The third-order valence-electron chi connectivity index (χ3n) is 1.50. The maximum atomic E-state index is 5.78. The summed E-state index contributed by atoms with van der Waals surface area (Å²) in [7, 11) is 2.98. The number of rotatable bonds is 3. The Kier molecular flexibility index (Phi) is 3.51. The fraction of sp³-hybridized carbons (Fsp3) is 0.250. The maximum Gasteiger partial charge on any atom is 0.229 e. The van der Waals surface area contributed by atoms with Crippen molar-refractivity contribution in [2.75, 3.05) is 14.2 Å². The van der Waals surface area contributed by atoms with Crippen molar-refractivity contribution < 1.29 is 13.8 Å². The van der Waals surface area contributed by atoms with E-state index in [2.05, 4.69) is 4.29 Å². The Morgan fingerprint density at radius 1 is 1.08 bits per heavy atom. The molecule has 0 saturated carbocycles. The summed E-state index contributed by atoms with van der Waals surface area (Å²) in [6, 6.07) is 3.17. The van der Waals surface area contributed by atoms with Crippen molar-refractivity contribution in [1.82, 2.24) is 0 Å². The molecule has 0 spiro atoms. The molecule has 0 bridgehead atoms. The summed E-state index contributed by atoms with van der Waals surface area (Å²) >= 11 is 11.0. The Morgan fingerprint density at radius 3 is 1.85 bits per heavy atom. The van der Waals surface area contributed by atoms with Crippen LogP contribution in [0.5, 0.6) is 17.2 Å². The van der Waals surface area contributed by atoms with E-state index in [1.165, 1.54) is 14.2 Å². The minimum absolute atomic E-state index is 0.316. The van der Waals surface area contributed by atoms with Crippen molar-refractivity contribution in [2.45, 2.75) is 0 Å². The Morgan fingerprint density at radius 2 is 1.54 bits per heavy atom. The van der Waals surface area contributed by atoms with Crippen molar-refractivity contribution >= 4 is 23.5 Å². The van der Waals surface area contributed by atoms with Crippen LogP contribution in [0.4, 0.5) is 0 Å². The van der Waals surface area contributed by atoms with E-state index in [4.69, 9.17) is 32.9 Å². The van der Waals surface area contributed by atoms with Gasteiger partial charge in [-0.2, -0.15) is 0 Å². The van der Waals surface area contributed by atoms with Gasteiger partial charge in [-0.15, -0.1) is 0 Å². The predicted molar refractivity (Wildman–Crippen MR) is 51.0 cm³/mol. The number of hydrogen-bond donors (Lipinski definition) is 0. The van der Waals surface area contributed by atoms with Crippen LogP contribution in [0.15, 0.2) is 12.1 Å². The molecule has 3 nitrogen and oxygen atoms in total. The standard InChI is InChI=1S/C8H8Cl2O3/c1-11-6-3-5(9)4-7(12-2)8(6)13-10/h3-4H,1-2H3. The quantitative estimate of drug-likeness (QED) is 0.788. The molecule has 0 saturated heterocycles. The van der Waals surface area contributed by atoms with Gasteiger partial charge in [-0.3, -0.25) is 0 Å². The van der Waals surface area contributed by atoms with Crippen LogP contribution in [0.25, 0.3) is 0 Å². The first kappa shape index (κ1) is 10.3. The molecule has 0 heterocycles. The van der Waals surface area contributed by atoms with Gasteiger partial charge in [0, 0.05) is 17.2 Å². The first-order valence-electron chi connectivity index (χ1n) is 3.43. The average Bonchev–Trinajstić information content (AvgIpc) is 2.16. The molecule has 0 aliphatic rings. The maximum absolute atomic E-state index is 5.78. The van der Waals surface area contributed by atoms with E-state index in [1.54, 1.807) is 12.1 Å². The lowest BCUT2D eigenvalue weighted by Crippen LogP contribution is -1.91. The Hall–Kier alpha value is -0.800. The van der Waals surface area contributed by atoms with Crippen LogP contribution in [-0.4, -0.2) is 14.2 Å². The number of hydrogen-bond acceptors (Lipinski definition) is 3. The Balaban J connectivity index is 3.25. The third kappa shape index (κ3) is 2.11. The molecule has 0 atom stereocenters. The lowest BCUT2D eigenvalue weighted by Gasteiger charge is -2.09. The minimum Gasteiger partial charge on any atom is -0.493 e. The number of ether oxygens (including phenoxy) is 2. The highest BCUT2D eigenvalue weighted by molar-refractivity contribution is 6.31. The van der Waals surface area contributed by atoms with Crippen LogP contribution < -0.4 is 13.8 Å². The molecule has 72 valence electrons. The van der Waals surface area contributed by atoms with Gasteiger partial charge in [0.2, 0.25) is 5.75 Å². The molecule has 0 N–H and O–H groups in total. The minimum atomic E-state index is 0.316. The second-order valence-electron chi connectivity index (χ2n) is 2.22. The fourth-order valence-corrected chi connectivity index (χ4v) is 1.27. The number of benzene rings is 1. The van der Waals surface area contributed by atoms with Crippen LogP contribution in [0.1, 0.15) is 0 Å². The second-order valence-corrected chi connectivity index (χ2v) is 2.81. The molecule has 13 heavy (non-hydrogen) atoms. The zero-order valence-corrected chi connectivity index (χ0v) is 8.65.